The van der Waals surface area contributed by atoms with Crippen LogP contribution in [0.3, 0.4) is 0 Å². The zero-order valence-electron chi connectivity index (χ0n) is 14.6. The minimum absolute atomic E-state index is 0.189. The van der Waals surface area contributed by atoms with Gasteiger partial charge in [0.2, 0.25) is 0 Å². The molecular formula is C20H23ClN4O. The van der Waals surface area contributed by atoms with Crippen molar-refractivity contribution in [2.24, 2.45) is 0 Å². The molecule has 0 unspecified atom stereocenters. The molecule has 1 fully saturated rings. The maximum atomic E-state index is 12.5. The van der Waals surface area contributed by atoms with Crippen LogP contribution in [0.2, 0.25) is 5.02 Å². The van der Waals surface area contributed by atoms with Gasteiger partial charge in [-0.25, -0.2) is 0 Å². The Bertz CT molecular complexity index is 851. The van der Waals surface area contributed by atoms with E-state index in [9.17, 15) is 4.79 Å². The Morgan fingerprint density at radius 2 is 1.85 bits per heavy atom. The highest BCUT2D eigenvalue weighted by atomic mass is 35.5. The SMILES string of the molecule is C=C(Nc1c(C=N)ccc(=O)n1-c1ccc(Cl)cc1)NC1CCCCC1. The zero-order valence-corrected chi connectivity index (χ0v) is 15.4. The van der Waals surface area contributed by atoms with Crippen LogP contribution in [0.1, 0.15) is 37.7 Å². The van der Waals surface area contributed by atoms with E-state index in [1.165, 1.54) is 36.1 Å². The molecule has 5 nitrogen and oxygen atoms in total. The van der Waals surface area contributed by atoms with Crippen molar-refractivity contribution in [3.05, 3.63) is 69.7 Å². The highest BCUT2D eigenvalue weighted by Crippen LogP contribution is 2.22. The lowest BCUT2D eigenvalue weighted by atomic mass is 9.96. The Morgan fingerprint density at radius 1 is 1.15 bits per heavy atom. The second-order valence-electron chi connectivity index (χ2n) is 6.51. The van der Waals surface area contributed by atoms with Gasteiger partial charge in [-0.2, -0.15) is 0 Å². The lowest BCUT2D eigenvalue weighted by Crippen LogP contribution is -2.34. The van der Waals surface area contributed by atoms with E-state index in [2.05, 4.69) is 17.2 Å². The topological polar surface area (TPSA) is 69.9 Å². The molecule has 1 heterocycles. The van der Waals surface area contributed by atoms with Crippen LogP contribution in [0.25, 0.3) is 5.69 Å². The number of aromatic nitrogens is 1. The summed E-state index contributed by atoms with van der Waals surface area (Å²) in [6, 6.07) is 10.5. The van der Waals surface area contributed by atoms with Gasteiger partial charge in [0.25, 0.3) is 5.56 Å². The summed E-state index contributed by atoms with van der Waals surface area (Å²) >= 11 is 5.97. The molecule has 1 aromatic heterocycles. The molecule has 0 amide bonds. The van der Waals surface area contributed by atoms with E-state index in [0.717, 1.165) is 12.8 Å². The fourth-order valence-corrected chi connectivity index (χ4v) is 3.44. The largest absolute Gasteiger partial charge is 0.369 e. The highest BCUT2D eigenvalue weighted by Gasteiger charge is 2.16. The summed E-state index contributed by atoms with van der Waals surface area (Å²) in [6.45, 7) is 4.06. The fourth-order valence-electron chi connectivity index (χ4n) is 3.32. The molecule has 6 heteroatoms. The maximum Gasteiger partial charge on any atom is 0.256 e. The third-order valence-electron chi connectivity index (χ3n) is 4.62. The van der Waals surface area contributed by atoms with Crippen LogP contribution in [0.4, 0.5) is 5.82 Å². The van der Waals surface area contributed by atoms with Crippen LogP contribution >= 0.6 is 11.6 Å². The number of rotatable bonds is 6. The Hall–Kier alpha value is -2.53. The van der Waals surface area contributed by atoms with E-state index in [1.807, 2.05) is 0 Å². The van der Waals surface area contributed by atoms with Crippen molar-refractivity contribution in [2.75, 3.05) is 5.32 Å². The smallest absolute Gasteiger partial charge is 0.256 e. The molecule has 1 aliphatic carbocycles. The molecule has 1 saturated carbocycles. The third kappa shape index (κ3) is 4.17. The molecule has 1 aliphatic rings. The van der Waals surface area contributed by atoms with Gasteiger partial charge in [-0.3, -0.25) is 9.36 Å². The summed E-state index contributed by atoms with van der Waals surface area (Å²) in [4.78, 5) is 12.5. The van der Waals surface area contributed by atoms with Crippen molar-refractivity contribution in [2.45, 2.75) is 38.1 Å². The highest BCUT2D eigenvalue weighted by molar-refractivity contribution is 6.30. The second kappa shape index (κ2) is 8.23. The lowest BCUT2D eigenvalue weighted by Gasteiger charge is -2.26. The number of hydrogen-bond acceptors (Lipinski definition) is 4. The molecular weight excluding hydrogens is 348 g/mol. The molecule has 0 radical (unpaired) electrons. The van der Waals surface area contributed by atoms with E-state index in [1.54, 1.807) is 30.3 Å². The Kier molecular flexibility index (Phi) is 5.78. The Morgan fingerprint density at radius 3 is 2.50 bits per heavy atom. The van der Waals surface area contributed by atoms with Gasteiger partial charge in [-0.05, 0) is 43.2 Å². The van der Waals surface area contributed by atoms with Crippen LogP contribution in [-0.4, -0.2) is 16.8 Å². The minimum atomic E-state index is -0.189. The molecule has 1 aromatic carbocycles. The predicted molar refractivity (Wildman–Crippen MR) is 108 cm³/mol. The van der Waals surface area contributed by atoms with Crippen molar-refractivity contribution < 1.29 is 0 Å². The van der Waals surface area contributed by atoms with Crippen LogP contribution < -0.4 is 16.2 Å². The molecule has 3 N–H and O–H groups in total. The minimum Gasteiger partial charge on any atom is -0.369 e. The van der Waals surface area contributed by atoms with E-state index >= 15 is 0 Å². The number of nitrogens with one attached hydrogen (secondary N) is 3. The summed E-state index contributed by atoms with van der Waals surface area (Å²) in [5.74, 6) is 1.15. The van der Waals surface area contributed by atoms with Gasteiger partial charge in [0.1, 0.15) is 5.82 Å². The molecule has 0 aliphatic heterocycles. The van der Waals surface area contributed by atoms with E-state index in [4.69, 9.17) is 17.0 Å². The van der Waals surface area contributed by atoms with Crippen molar-refractivity contribution in [1.82, 2.24) is 9.88 Å². The van der Waals surface area contributed by atoms with Gasteiger partial charge < -0.3 is 16.0 Å². The van der Waals surface area contributed by atoms with Crippen molar-refractivity contribution in [1.29, 1.82) is 5.41 Å². The van der Waals surface area contributed by atoms with Gasteiger partial charge in [-0.15, -0.1) is 0 Å². The summed E-state index contributed by atoms with van der Waals surface area (Å²) < 4.78 is 1.53. The normalized spacial score (nSPS) is 14.7. The molecule has 3 rings (SSSR count). The molecule has 0 bridgehead atoms. The van der Waals surface area contributed by atoms with Gasteiger partial charge in [0.15, 0.2) is 0 Å². The van der Waals surface area contributed by atoms with Crippen molar-refractivity contribution in [3.63, 3.8) is 0 Å². The quantitative estimate of drug-likeness (QED) is 0.664. The third-order valence-corrected chi connectivity index (χ3v) is 4.87. The zero-order chi connectivity index (χ0) is 18.5. The first-order valence-corrected chi connectivity index (χ1v) is 9.21. The van der Waals surface area contributed by atoms with Crippen LogP contribution in [-0.2, 0) is 0 Å². The van der Waals surface area contributed by atoms with Gasteiger partial charge in [0, 0.05) is 28.9 Å². The molecule has 0 atom stereocenters. The van der Waals surface area contributed by atoms with Gasteiger partial charge in [-0.1, -0.05) is 37.4 Å². The molecule has 2 aromatic rings. The molecule has 0 spiro atoms. The lowest BCUT2D eigenvalue weighted by molar-refractivity contribution is 0.397. The summed E-state index contributed by atoms with van der Waals surface area (Å²) in [5.41, 5.74) is 1.09. The van der Waals surface area contributed by atoms with Crippen LogP contribution in [0.15, 0.2) is 53.6 Å². The summed E-state index contributed by atoms with van der Waals surface area (Å²) in [7, 11) is 0. The number of benzene rings is 1. The predicted octanol–water partition coefficient (Wildman–Crippen LogP) is 4.29. The molecule has 0 saturated heterocycles. The Labute approximate surface area is 158 Å². The first kappa shape index (κ1) is 18.3. The first-order valence-electron chi connectivity index (χ1n) is 8.83. The van der Waals surface area contributed by atoms with Gasteiger partial charge in [0.05, 0.1) is 11.5 Å². The Balaban J connectivity index is 1.92. The fraction of sp³-hybridized carbons (Fsp3) is 0.300. The molecule has 26 heavy (non-hydrogen) atoms. The number of nitrogens with zero attached hydrogens (tertiary/aromatic N) is 1. The number of pyridine rings is 1. The summed E-state index contributed by atoms with van der Waals surface area (Å²) in [6.07, 6.45) is 7.19. The van der Waals surface area contributed by atoms with E-state index in [-0.39, 0.29) is 5.56 Å². The van der Waals surface area contributed by atoms with Crippen molar-refractivity contribution >= 4 is 23.6 Å². The summed E-state index contributed by atoms with van der Waals surface area (Å²) in [5, 5.41) is 14.9. The number of hydrogen-bond donors (Lipinski definition) is 3. The average molecular weight is 371 g/mol. The van der Waals surface area contributed by atoms with E-state index in [0.29, 0.717) is 34.0 Å². The first-order chi connectivity index (χ1) is 12.6. The standard InChI is InChI=1S/C20H23ClN4O/c1-14(23-17-5-3-2-4-6-17)24-20-15(13-22)7-12-19(26)25(20)18-10-8-16(21)9-11-18/h7-13,17,22-24H,1-6H2. The average Bonchev–Trinajstić information content (AvgIpc) is 2.64. The number of halogens is 1. The van der Waals surface area contributed by atoms with Crippen molar-refractivity contribution in [3.8, 4) is 5.69 Å². The monoisotopic (exact) mass is 370 g/mol. The second-order valence-corrected chi connectivity index (χ2v) is 6.95. The molecule has 136 valence electrons. The van der Waals surface area contributed by atoms with E-state index < -0.39 is 0 Å². The maximum absolute atomic E-state index is 12.5. The van der Waals surface area contributed by atoms with Crippen LogP contribution in [0.5, 0.6) is 0 Å². The number of anilines is 1. The van der Waals surface area contributed by atoms with Gasteiger partial charge >= 0.3 is 0 Å². The van der Waals surface area contributed by atoms with Crippen LogP contribution in [0, 0.1) is 5.41 Å².